The summed E-state index contributed by atoms with van der Waals surface area (Å²) in [5.41, 5.74) is 0.682. The van der Waals surface area contributed by atoms with Crippen LogP contribution in [-0.2, 0) is 11.3 Å². The molecular formula is C12H16N4O3. The van der Waals surface area contributed by atoms with Crippen molar-refractivity contribution >= 4 is 12.0 Å². The maximum absolute atomic E-state index is 12.0. The number of carbonyl (C=O) groups is 2. The Hall–Kier alpha value is -2.18. The SMILES string of the molecule is O=C(NCc1cnccn1)[C@@H]1CCCN(C(=O)O)C1. The number of amides is 2. The standard InChI is InChI=1S/C12H16N4O3/c17-11(15-7-10-6-13-3-4-14-10)9-2-1-5-16(8-9)12(18)19/h3-4,6,9H,1-2,5,7-8H2,(H,15,17)(H,18,19)/t9-/m1/s1. The van der Waals surface area contributed by atoms with E-state index in [4.69, 9.17) is 5.11 Å². The van der Waals surface area contributed by atoms with Crippen molar-refractivity contribution in [3.05, 3.63) is 24.3 Å². The summed E-state index contributed by atoms with van der Waals surface area (Å²) >= 11 is 0. The van der Waals surface area contributed by atoms with Gasteiger partial charge in [-0.05, 0) is 12.8 Å². The molecule has 2 rings (SSSR count). The summed E-state index contributed by atoms with van der Waals surface area (Å²) in [5.74, 6) is -0.405. The molecule has 1 saturated heterocycles. The Bertz CT molecular complexity index is 452. The van der Waals surface area contributed by atoms with Gasteiger partial charge in [-0.25, -0.2) is 4.79 Å². The molecule has 2 N–H and O–H groups in total. The number of nitrogens with zero attached hydrogens (tertiary/aromatic N) is 3. The van der Waals surface area contributed by atoms with Crippen LogP contribution in [-0.4, -0.2) is 45.1 Å². The zero-order valence-electron chi connectivity index (χ0n) is 10.5. The lowest BCUT2D eigenvalue weighted by atomic mass is 9.97. The average Bonchev–Trinajstić information content (AvgIpc) is 2.46. The number of rotatable bonds is 3. The van der Waals surface area contributed by atoms with Gasteiger partial charge in [-0.3, -0.25) is 14.8 Å². The lowest BCUT2D eigenvalue weighted by Crippen LogP contribution is -2.44. The van der Waals surface area contributed by atoms with Crippen LogP contribution in [0.15, 0.2) is 18.6 Å². The molecule has 0 bridgehead atoms. The van der Waals surface area contributed by atoms with Gasteiger partial charge < -0.3 is 15.3 Å². The first-order valence-corrected chi connectivity index (χ1v) is 6.17. The Morgan fingerprint density at radius 1 is 1.47 bits per heavy atom. The van der Waals surface area contributed by atoms with Gasteiger partial charge in [0.2, 0.25) is 5.91 Å². The van der Waals surface area contributed by atoms with Gasteiger partial charge in [0.15, 0.2) is 0 Å². The lowest BCUT2D eigenvalue weighted by Gasteiger charge is -2.29. The molecule has 0 radical (unpaired) electrons. The highest BCUT2D eigenvalue weighted by Crippen LogP contribution is 2.16. The highest BCUT2D eigenvalue weighted by atomic mass is 16.4. The van der Waals surface area contributed by atoms with Crippen LogP contribution < -0.4 is 5.32 Å². The molecule has 0 saturated carbocycles. The van der Waals surface area contributed by atoms with Crippen LogP contribution in [0.4, 0.5) is 4.79 Å². The van der Waals surface area contributed by atoms with Gasteiger partial charge in [0.25, 0.3) is 0 Å². The van der Waals surface area contributed by atoms with E-state index < -0.39 is 6.09 Å². The van der Waals surface area contributed by atoms with Crippen LogP contribution >= 0.6 is 0 Å². The number of hydrogen-bond donors (Lipinski definition) is 2. The number of nitrogens with one attached hydrogen (secondary N) is 1. The molecule has 1 aromatic heterocycles. The predicted octanol–water partition coefficient (Wildman–Crippen LogP) is 0.483. The molecule has 7 nitrogen and oxygen atoms in total. The van der Waals surface area contributed by atoms with Crippen molar-refractivity contribution in [1.29, 1.82) is 0 Å². The van der Waals surface area contributed by atoms with Gasteiger partial charge >= 0.3 is 6.09 Å². The van der Waals surface area contributed by atoms with Crippen molar-refractivity contribution in [3.63, 3.8) is 0 Å². The van der Waals surface area contributed by atoms with E-state index in [0.717, 1.165) is 12.8 Å². The highest BCUT2D eigenvalue weighted by molar-refractivity contribution is 5.79. The Morgan fingerprint density at radius 2 is 2.32 bits per heavy atom. The van der Waals surface area contributed by atoms with E-state index in [0.29, 0.717) is 18.8 Å². The number of carbonyl (C=O) groups excluding carboxylic acids is 1. The van der Waals surface area contributed by atoms with Crippen LogP contribution in [0.5, 0.6) is 0 Å². The third-order valence-electron chi connectivity index (χ3n) is 3.12. The molecule has 2 amide bonds. The second-order valence-corrected chi connectivity index (χ2v) is 4.48. The third-order valence-corrected chi connectivity index (χ3v) is 3.12. The smallest absolute Gasteiger partial charge is 0.407 e. The number of carboxylic acid groups (broad SMARTS) is 1. The molecule has 1 aliphatic heterocycles. The second-order valence-electron chi connectivity index (χ2n) is 4.48. The molecule has 7 heteroatoms. The summed E-state index contributed by atoms with van der Waals surface area (Å²) in [6.45, 7) is 1.08. The molecule has 1 fully saturated rings. The molecule has 0 spiro atoms. The molecule has 0 aliphatic carbocycles. The molecule has 2 heterocycles. The molecule has 1 atom stereocenters. The minimum atomic E-state index is -0.966. The summed E-state index contributed by atoms with van der Waals surface area (Å²) in [4.78, 5) is 32.1. The van der Waals surface area contributed by atoms with Gasteiger partial charge in [0.1, 0.15) is 0 Å². The van der Waals surface area contributed by atoms with Crippen molar-refractivity contribution in [2.75, 3.05) is 13.1 Å². The summed E-state index contributed by atoms with van der Waals surface area (Å²) in [7, 11) is 0. The molecular weight excluding hydrogens is 248 g/mol. The Labute approximate surface area is 110 Å². The van der Waals surface area contributed by atoms with Crippen LogP contribution in [0, 0.1) is 5.92 Å². The predicted molar refractivity (Wildman–Crippen MR) is 66.2 cm³/mol. The first-order chi connectivity index (χ1) is 9.16. The second kappa shape index (κ2) is 6.12. The van der Waals surface area contributed by atoms with E-state index in [1.54, 1.807) is 18.6 Å². The fourth-order valence-corrected chi connectivity index (χ4v) is 2.11. The number of aromatic nitrogens is 2. The average molecular weight is 264 g/mol. The number of piperidine rings is 1. The minimum absolute atomic E-state index is 0.128. The van der Waals surface area contributed by atoms with E-state index in [-0.39, 0.29) is 18.4 Å². The third kappa shape index (κ3) is 3.64. The topological polar surface area (TPSA) is 95.4 Å². The molecule has 1 aromatic rings. The molecule has 0 unspecified atom stereocenters. The normalized spacial score (nSPS) is 18.9. The van der Waals surface area contributed by atoms with E-state index >= 15 is 0 Å². The Morgan fingerprint density at radius 3 is 3.00 bits per heavy atom. The van der Waals surface area contributed by atoms with Crippen LogP contribution in [0.1, 0.15) is 18.5 Å². The van der Waals surface area contributed by atoms with Crippen molar-refractivity contribution in [1.82, 2.24) is 20.2 Å². The Kier molecular flexibility index (Phi) is 4.27. The maximum Gasteiger partial charge on any atom is 0.407 e. The van der Waals surface area contributed by atoms with Crippen LogP contribution in [0.25, 0.3) is 0 Å². The van der Waals surface area contributed by atoms with Gasteiger partial charge in [0, 0.05) is 25.5 Å². The zero-order valence-corrected chi connectivity index (χ0v) is 10.5. The van der Waals surface area contributed by atoms with E-state index in [1.807, 2.05) is 0 Å². The van der Waals surface area contributed by atoms with Crippen molar-refractivity contribution < 1.29 is 14.7 Å². The van der Waals surface area contributed by atoms with Crippen molar-refractivity contribution in [3.8, 4) is 0 Å². The fourth-order valence-electron chi connectivity index (χ4n) is 2.11. The van der Waals surface area contributed by atoms with Gasteiger partial charge in [-0.1, -0.05) is 0 Å². The number of hydrogen-bond acceptors (Lipinski definition) is 4. The number of likely N-dealkylation sites (tertiary alicyclic amines) is 1. The minimum Gasteiger partial charge on any atom is -0.465 e. The molecule has 1 aliphatic rings. The first kappa shape index (κ1) is 13.3. The monoisotopic (exact) mass is 264 g/mol. The summed E-state index contributed by atoms with van der Waals surface area (Å²) in [6, 6.07) is 0. The molecule has 19 heavy (non-hydrogen) atoms. The summed E-state index contributed by atoms with van der Waals surface area (Å²) in [6.07, 6.45) is 5.19. The van der Waals surface area contributed by atoms with Gasteiger partial charge in [0.05, 0.1) is 24.4 Å². The summed E-state index contributed by atoms with van der Waals surface area (Å²) in [5, 5.41) is 11.7. The first-order valence-electron chi connectivity index (χ1n) is 6.17. The highest BCUT2D eigenvalue weighted by Gasteiger charge is 2.27. The van der Waals surface area contributed by atoms with E-state index in [2.05, 4.69) is 15.3 Å². The Balaban J connectivity index is 1.84. The van der Waals surface area contributed by atoms with E-state index in [1.165, 1.54) is 4.90 Å². The largest absolute Gasteiger partial charge is 0.465 e. The quantitative estimate of drug-likeness (QED) is 0.828. The molecule has 102 valence electrons. The molecule has 0 aromatic carbocycles. The van der Waals surface area contributed by atoms with Crippen LogP contribution in [0.3, 0.4) is 0 Å². The summed E-state index contributed by atoms with van der Waals surface area (Å²) < 4.78 is 0. The maximum atomic E-state index is 12.0. The van der Waals surface area contributed by atoms with Gasteiger partial charge in [-0.15, -0.1) is 0 Å². The van der Waals surface area contributed by atoms with Crippen LogP contribution in [0.2, 0.25) is 0 Å². The fraction of sp³-hybridized carbons (Fsp3) is 0.500. The van der Waals surface area contributed by atoms with Crippen molar-refractivity contribution in [2.45, 2.75) is 19.4 Å². The van der Waals surface area contributed by atoms with Gasteiger partial charge in [-0.2, -0.15) is 0 Å². The van der Waals surface area contributed by atoms with E-state index in [9.17, 15) is 9.59 Å². The zero-order chi connectivity index (χ0) is 13.7. The van der Waals surface area contributed by atoms with Crippen molar-refractivity contribution in [2.24, 2.45) is 5.92 Å². The lowest BCUT2D eigenvalue weighted by molar-refractivity contribution is -0.126.